The predicted octanol–water partition coefficient (Wildman–Crippen LogP) is 2.70. The largest absolute Gasteiger partial charge is 0.480 e. The van der Waals surface area contributed by atoms with Gasteiger partial charge in [0, 0.05) is 15.0 Å². The van der Waals surface area contributed by atoms with Crippen molar-refractivity contribution in [1.29, 1.82) is 0 Å². The summed E-state index contributed by atoms with van der Waals surface area (Å²) in [6.07, 6.45) is 1.92. The van der Waals surface area contributed by atoms with Gasteiger partial charge in [-0.15, -0.1) is 0 Å². The number of aliphatic carboxylic acids is 1. The maximum Gasteiger partial charge on any atom is 0.317 e. The lowest BCUT2D eigenvalue weighted by Crippen LogP contribution is -2.38. The SMILES string of the molecule is O=C(O)CN(CC(=O)Nc1ccc(Br)cc1Br)C1CC1. The third-order valence-electron chi connectivity index (χ3n) is 2.95. The standard InChI is InChI=1S/C13H14Br2N2O3/c14-8-1-4-11(10(15)5-8)16-12(18)6-17(7-13(19)20)9-2-3-9/h1,4-5,9H,2-3,6-7H2,(H,16,18)(H,19,20). The molecule has 0 bridgehead atoms. The summed E-state index contributed by atoms with van der Waals surface area (Å²) < 4.78 is 1.68. The number of carbonyl (C=O) groups excluding carboxylic acids is 1. The maximum absolute atomic E-state index is 12.0. The lowest BCUT2D eigenvalue weighted by atomic mass is 10.3. The van der Waals surface area contributed by atoms with E-state index in [0.717, 1.165) is 21.8 Å². The molecule has 1 amide bonds. The molecule has 0 spiro atoms. The van der Waals surface area contributed by atoms with Crippen molar-refractivity contribution in [3.8, 4) is 0 Å². The van der Waals surface area contributed by atoms with Crippen LogP contribution in [0.1, 0.15) is 12.8 Å². The number of benzene rings is 1. The molecule has 2 N–H and O–H groups in total. The summed E-state index contributed by atoms with van der Waals surface area (Å²) in [7, 11) is 0. The number of carboxylic acids is 1. The minimum absolute atomic E-state index is 0.0967. The van der Waals surface area contributed by atoms with Gasteiger partial charge < -0.3 is 10.4 Å². The van der Waals surface area contributed by atoms with Gasteiger partial charge in [-0.2, -0.15) is 0 Å². The first kappa shape index (κ1) is 15.5. The summed E-state index contributed by atoms with van der Waals surface area (Å²) in [6, 6.07) is 5.68. The summed E-state index contributed by atoms with van der Waals surface area (Å²) in [4.78, 5) is 24.5. The molecule has 1 aromatic rings. The normalized spacial score (nSPS) is 14.3. The number of nitrogens with zero attached hydrogens (tertiary/aromatic N) is 1. The summed E-state index contributed by atoms with van der Waals surface area (Å²) in [5.41, 5.74) is 0.671. The molecule has 0 unspecified atom stereocenters. The summed E-state index contributed by atoms with van der Waals surface area (Å²) in [5.74, 6) is -1.12. The third-order valence-corrected chi connectivity index (χ3v) is 4.10. The van der Waals surface area contributed by atoms with E-state index in [4.69, 9.17) is 5.11 Å². The van der Waals surface area contributed by atoms with Crippen molar-refractivity contribution in [3.63, 3.8) is 0 Å². The Kier molecular flexibility index (Phi) is 5.17. The van der Waals surface area contributed by atoms with Crippen LogP contribution in [-0.4, -0.2) is 41.0 Å². The van der Waals surface area contributed by atoms with Crippen molar-refractivity contribution in [2.45, 2.75) is 18.9 Å². The minimum atomic E-state index is -0.908. The lowest BCUT2D eigenvalue weighted by molar-refractivity contribution is -0.138. The Labute approximate surface area is 133 Å². The molecule has 0 heterocycles. The second-order valence-electron chi connectivity index (χ2n) is 4.70. The monoisotopic (exact) mass is 404 g/mol. The molecule has 0 aromatic heterocycles. The zero-order valence-corrected chi connectivity index (χ0v) is 13.8. The molecule has 0 saturated heterocycles. The van der Waals surface area contributed by atoms with Crippen LogP contribution in [0.2, 0.25) is 0 Å². The van der Waals surface area contributed by atoms with Gasteiger partial charge in [-0.3, -0.25) is 14.5 Å². The van der Waals surface area contributed by atoms with Crippen LogP contribution in [0, 0.1) is 0 Å². The smallest absolute Gasteiger partial charge is 0.317 e. The number of hydrogen-bond acceptors (Lipinski definition) is 3. The fourth-order valence-electron chi connectivity index (χ4n) is 1.89. The average molecular weight is 406 g/mol. The molecule has 1 aliphatic rings. The summed E-state index contributed by atoms with van der Waals surface area (Å²) >= 11 is 6.71. The van der Waals surface area contributed by atoms with E-state index in [2.05, 4.69) is 37.2 Å². The highest BCUT2D eigenvalue weighted by Crippen LogP contribution is 2.28. The Morgan fingerprint density at radius 3 is 2.55 bits per heavy atom. The first-order chi connectivity index (χ1) is 9.45. The number of amides is 1. The van der Waals surface area contributed by atoms with Crippen molar-refractivity contribution >= 4 is 49.4 Å². The Bertz CT molecular complexity index is 532. The molecule has 1 fully saturated rings. The maximum atomic E-state index is 12.0. The Balaban J connectivity index is 1.95. The zero-order chi connectivity index (χ0) is 14.7. The van der Waals surface area contributed by atoms with Crippen LogP contribution in [0.4, 0.5) is 5.69 Å². The Morgan fingerprint density at radius 1 is 1.30 bits per heavy atom. The van der Waals surface area contributed by atoms with Gasteiger partial charge in [-0.25, -0.2) is 0 Å². The number of hydrogen-bond donors (Lipinski definition) is 2. The van der Waals surface area contributed by atoms with E-state index in [0.29, 0.717) is 5.69 Å². The third kappa shape index (κ3) is 4.57. The van der Waals surface area contributed by atoms with Crippen molar-refractivity contribution in [2.75, 3.05) is 18.4 Å². The molecule has 2 rings (SSSR count). The molecule has 108 valence electrons. The van der Waals surface area contributed by atoms with E-state index in [1.807, 2.05) is 12.1 Å². The number of nitrogens with one attached hydrogen (secondary N) is 1. The fraction of sp³-hybridized carbons (Fsp3) is 0.385. The van der Waals surface area contributed by atoms with Crippen LogP contribution < -0.4 is 5.32 Å². The van der Waals surface area contributed by atoms with Gasteiger partial charge >= 0.3 is 5.97 Å². The van der Waals surface area contributed by atoms with Gasteiger partial charge in [0.15, 0.2) is 0 Å². The van der Waals surface area contributed by atoms with Crippen molar-refractivity contribution in [2.24, 2.45) is 0 Å². The van der Waals surface area contributed by atoms with Crippen LogP contribution in [0.5, 0.6) is 0 Å². The first-order valence-corrected chi connectivity index (χ1v) is 7.75. The topological polar surface area (TPSA) is 69.6 Å². The van der Waals surface area contributed by atoms with Crippen molar-refractivity contribution < 1.29 is 14.7 Å². The van der Waals surface area contributed by atoms with Gasteiger partial charge in [0.05, 0.1) is 18.8 Å². The van der Waals surface area contributed by atoms with E-state index in [9.17, 15) is 9.59 Å². The molecule has 0 radical (unpaired) electrons. The highest BCUT2D eigenvalue weighted by Gasteiger charge is 2.31. The van der Waals surface area contributed by atoms with E-state index in [-0.39, 0.29) is 25.0 Å². The Hall–Kier alpha value is -0.920. The number of carboxylic acid groups (broad SMARTS) is 1. The minimum Gasteiger partial charge on any atom is -0.480 e. The van der Waals surface area contributed by atoms with Crippen LogP contribution in [-0.2, 0) is 9.59 Å². The van der Waals surface area contributed by atoms with Gasteiger partial charge in [0.1, 0.15) is 0 Å². The predicted molar refractivity (Wildman–Crippen MR) is 82.7 cm³/mol. The van der Waals surface area contributed by atoms with Crippen LogP contribution in [0.3, 0.4) is 0 Å². The number of carbonyl (C=O) groups is 2. The average Bonchev–Trinajstić information content (AvgIpc) is 3.15. The molecular weight excluding hydrogens is 392 g/mol. The number of halogens is 2. The second kappa shape index (κ2) is 6.69. The van der Waals surface area contributed by atoms with Crippen LogP contribution in [0.15, 0.2) is 27.1 Å². The van der Waals surface area contributed by atoms with Crippen LogP contribution >= 0.6 is 31.9 Å². The first-order valence-electron chi connectivity index (χ1n) is 6.16. The molecule has 7 heteroatoms. The van der Waals surface area contributed by atoms with Gasteiger partial charge in [0.25, 0.3) is 0 Å². The lowest BCUT2D eigenvalue weighted by Gasteiger charge is -2.19. The molecular formula is C13H14Br2N2O3. The van der Waals surface area contributed by atoms with Crippen molar-refractivity contribution in [1.82, 2.24) is 4.90 Å². The van der Waals surface area contributed by atoms with E-state index >= 15 is 0 Å². The van der Waals surface area contributed by atoms with Gasteiger partial charge in [-0.05, 0) is 47.0 Å². The van der Waals surface area contributed by atoms with Gasteiger partial charge in [-0.1, -0.05) is 15.9 Å². The quantitative estimate of drug-likeness (QED) is 0.763. The van der Waals surface area contributed by atoms with E-state index < -0.39 is 5.97 Å². The molecule has 0 atom stereocenters. The highest BCUT2D eigenvalue weighted by molar-refractivity contribution is 9.11. The molecule has 1 saturated carbocycles. The molecule has 1 aromatic carbocycles. The highest BCUT2D eigenvalue weighted by atomic mass is 79.9. The second-order valence-corrected chi connectivity index (χ2v) is 6.47. The molecule has 5 nitrogen and oxygen atoms in total. The molecule has 1 aliphatic carbocycles. The van der Waals surface area contributed by atoms with E-state index in [1.165, 1.54) is 0 Å². The summed E-state index contributed by atoms with van der Waals surface area (Å²) in [6.45, 7) is -0.000928. The van der Waals surface area contributed by atoms with Crippen LogP contribution in [0.25, 0.3) is 0 Å². The molecule has 0 aliphatic heterocycles. The Morgan fingerprint density at radius 2 is 2.00 bits per heavy atom. The van der Waals surface area contributed by atoms with Crippen molar-refractivity contribution in [3.05, 3.63) is 27.1 Å². The molecule has 20 heavy (non-hydrogen) atoms. The van der Waals surface area contributed by atoms with E-state index in [1.54, 1.807) is 11.0 Å². The van der Waals surface area contributed by atoms with Gasteiger partial charge in [0.2, 0.25) is 5.91 Å². The number of rotatable bonds is 6. The number of anilines is 1. The zero-order valence-electron chi connectivity index (χ0n) is 10.6. The summed E-state index contributed by atoms with van der Waals surface area (Å²) in [5, 5.41) is 11.6. The fourth-order valence-corrected chi connectivity index (χ4v) is 3.04.